The highest BCUT2D eigenvalue weighted by Gasteiger charge is 2.11. The molecule has 0 fully saturated rings. The molecule has 0 amide bonds. The second-order valence-corrected chi connectivity index (χ2v) is 7.18. The molecule has 0 aromatic heterocycles. The molecule has 3 rings (SSSR count). The highest BCUT2D eigenvalue weighted by Crippen LogP contribution is 2.37. The van der Waals surface area contributed by atoms with Crippen molar-refractivity contribution in [2.75, 3.05) is 0 Å². The summed E-state index contributed by atoms with van der Waals surface area (Å²) in [5.41, 5.74) is 7.76. The summed E-state index contributed by atoms with van der Waals surface area (Å²) in [6.07, 6.45) is 3.66. The summed E-state index contributed by atoms with van der Waals surface area (Å²) >= 11 is 3.76. The van der Waals surface area contributed by atoms with Crippen molar-refractivity contribution in [2.24, 2.45) is 0 Å². The van der Waals surface area contributed by atoms with Gasteiger partial charge in [-0.15, -0.1) is 0 Å². The van der Waals surface area contributed by atoms with Crippen LogP contribution in [0.4, 0.5) is 0 Å². The van der Waals surface area contributed by atoms with Gasteiger partial charge in [0.25, 0.3) is 0 Å². The highest BCUT2D eigenvalue weighted by atomic mass is 79.9. The lowest BCUT2D eigenvalue weighted by atomic mass is 9.93. The van der Waals surface area contributed by atoms with E-state index in [-0.39, 0.29) is 0 Å². The molecule has 0 saturated heterocycles. The van der Waals surface area contributed by atoms with Crippen molar-refractivity contribution in [3.63, 3.8) is 0 Å². The number of hydrogen-bond donors (Lipinski definition) is 0. The van der Waals surface area contributed by atoms with Gasteiger partial charge in [0, 0.05) is 10.0 Å². The lowest BCUT2D eigenvalue weighted by Crippen LogP contribution is -1.89. The Labute approximate surface area is 153 Å². The zero-order valence-electron chi connectivity index (χ0n) is 14.4. The van der Waals surface area contributed by atoms with E-state index in [9.17, 15) is 0 Å². The van der Waals surface area contributed by atoms with Crippen LogP contribution in [0.1, 0.15) is 30.9 Å². The van der Waals surface area contributed by atoms with Crippen molar-refractivity contribution >= 4 is 15.9 Å². The Bertz CT molecular complexity index is 798. The molecule has 0 heterocycles. The molecule has 0 nitrogen and oxygen atoms in total. The molecular weight excluding hydrogens is 356 g/mol. The maximum atomic E-state index is 3.76. The number of aryl methyl sites for hydroxylation is 2. The van der Waals surface area contributed by atoms with Crippen LogP contribution >= 0.6 is 15.9 Å². The quantitative estimate of drug-likeness (QED) is 0.432. The van der Waals surface area contributed by atoms with Gasteiger partial charge in [-0.25, -0.2) is 0 Å². The van der Waals surface area contributed by atoms with E-state index in [1.807, 2.05) is 0 Å². The van der Waals surface area contributed by atoms with Crippen LogP contribution in [0.5, 0.6) is 0 Å². The zero-order chi connectivity index (χ0) is 16.9. The zero-order valence-corrected chi connectivity index (χ0v) is 15.9. The third-order valence-electron chi connectivity index (χ3n) is 4.44. The Morgan fingerprint density at radius 3 is 2.12 bits per heavy atom. The van der Waals surface area contributed by atoms with Crippen LogP contribution in [0.15, 0.2) is 71.2 Å². The van der Waals surface area contributed by atoms with E-state index in [0.29, 0.717) is 0 Å². The Morgan fingerprint density at radius 2 is 1.46 bits per heavy atom. The van der Waals surface area contributed by atoms with Crippen LogP contribution in [-0.2, 0) is 6.42 Å². The van der Waals surface area contributed by atoms with E-state index < -0.39 is 0 Å². The van der Waals surface area contributed by atoms with E-state index in [0.717, 1.165) is 10.9 Å². The number of rotatable bonds is 5. The second-order valence-electron chi connectivity index (χ2n) is 6.33. The van der Waals surface area contributed by atoms with Gasteiger partial charge in [-0.1, -0.05) is 95.5 Å². The van der Waals surface area contributed by atoms with Crippen molar-refractivity contribution in [3.8, 4) is 22.3 Å². The average Bonchev–Trinajstić information content (AvgIpc) is 2.61. The largest absolute Gasteiger partial charge is 0.0654 e. The first kappa shape index (κ1) is 17.0. The summed E-state index contributed by atoms with van der Waals surface area (Å²) < 4.78 is 1.14. The van der Waals surface area contributed by atoms with Crippen LogP contribution in [0.2, 0.25) is 0 Å². The van der Waals surface area contributed by atoms with Crippen LogP contribution in [0, 0.1) is 6.92 Å². The molecule has 0 bridgehead atoms. The maximum absolute atomic E-state index is 3.76. The summed E-state index contributed by atoms with van der Waals surface area (Å²) in [6, 6.07) is 24.2. The molecule has 3 aromatic rings. The minimum Gasteiger partial charge on any atom is -0.0654 e. The average molecular weight is 379 g/mol. The van der Waals surface area contributed by atoms with Crippen LogP contribution < -0.4 is 0 Å². The summed E-state index contributed by atoms with van der Waals surface area (Å²) in [5.74, 6) is 0. The van der Waals surface area contributed by atoms with Crippen molar-refractivity contribution in [1.82, 2.24) is 0 Å². The molecule has 0 saturated carbocycles. The van der Waals surface area contributed by atoms with Crippen LogP contribution in [0.3, 0.4) is 0 Å². The number of hydrogen-bond acceptors (Lipinski definition) is 0. The monoisotopic (exact) mass is 378 g/mol. The molecular formula is C23H23Br. The van der Waals surface area contributed by atoms with Gasteiger partial charge in [-0.3, -0.25) is 0 Å². The maximum Gasteiger partial charge on any atom is 0.0259 e. The van der Waals surface area contributed by atoms with Crippen molar-refractivity contribution in [2.45, 2.75) is 33.1 Å². The summed E-state index contributed by atoms with van der Waals surface area (Å²) in [4.78, 5) is 0. The predicted octanol–water partition coefficient (Wildman–Crippen LogP) is 7.43. The minimum atomic E-state index is 1.14. The van der Waals surface area contributed by atoms with E-state index in [1.165, 1.54) is 46.2 Å². The lowest BCUT2D eigenvalue weighted by Gasteiger charge is -2.13. The lowest BCUT2D eigenvalue weighted by molar-refractivity contribution is 0.795. The molecule has 0 aliphatic rings. The fourth-order valence-electron chi connectivity index (χ4n) is 3.01. The molecule has 0 N–H and O–H groups in total. The third-order valence-corrected chi connectivity index (χ3v) is 5.10. The molecule has 0 aliphatic heterocycles. The van der Waals surface area contributed by atoms with Crippen LogP contribution in [0.25, 0.3) is 22.3 Å². The molecule has 0 spiro atoms. The fourth-order valence-corrected chi connectivity index (χ4v) is 3.61. The van der Waals surface area contributed by atoms with Gasteiger partial charge in [0.1, 0.15) is 0 Å². The Balaban J connectivity index is 2.02. The third kappa shape index (κ3) is 3.79. The van der Waals surface area contributed by atoms with Gasteiger partial charge in [-0.2, -0.15) is 0 Å². The molecule has 0 atom stereocenters. The first-order chi connectivity index (χ1) is 11.7. The number of unbranched alkanes of at least 4 members (excludes halogenated alkanes) is 1. The minimum absolute atomic E-state index is 1.14. The van der Waals surface area contributed by atoms with E-state index >= 15 is 0 Å². The van der Waals surface area contributed by atoms with E-state index in [2.05, 4.69) is 96.5 Å². The smallest absolute Gasteiger partial charge is 0.0259 e. The second kappa shape index (κ2) is 7.81. The van der Waals surface area contributed by atoms with Gasteiger partial charge in [0.05, 0.1) is 0 Å². The van der Waals surface area contributed by atoms with Gasteiger partial charge < -0.3 is 0 Å². The van der Waals surface area contributed by atoms with Crippen molar-refractivity contribution in [3.05, 3.63) is 82.3 Å². The normalized spacial score (nSPS) is 10.8. The molecule has 0 radical (unpaired) electrons. The SMILES string of the molecule is CCCCc1ccc(-c2c(Br)cccc2-c2ccc(C)cc2)cc1. The van der Waals surface area contributed by atoms with E-state index in [1.54, 1.807) is 0 Å². The Morgan fingerprint density at radius 1 is 0.792 bits per heavy atom. The number of halogens is 1. The highest BCUT2D eigenvalue weighted by molar-refractivity contribution is 9.10. The molecule has 24 heavy (non-hydrogen) atoms. The Kier molecular flexibility index (Phi) is 5.52. The molecule has 1 heteroatoms. The Hall–Kier alpha value is -1.86. The van der Waals surface area contributed by atoms with Gasteiger partial charge in [-0.05, 0) is 48.1 Å². The van der Waals surface area contributed by atoms with Gasteiger partial charge >= 0.3 is 0 Å². The number of benzene rings is 3. The summed E-state index contributed by atoms with van der Waals surface area (Å²) in [5, 5.41) is 0. The van der Waals surface area contributed by atoms with Crippen LogP contribution in [-0.4, -0.2) is 0 Å². The summed E-state index contributed by atoms with van der Waals surface area (Å²) in [7, 11) is 0. The standard InChI is InChI=1S/C23H23Br/c1-3-4-6-18-11-15-20(16-12-18)23-21(7-5-8-22(23)24)19-13-9-17(2)10-14-19/h5,7-16H,3-4,6H2,1-2H3. The molecule has 122 valence electrons. The molecule has 0 aliphatic carbocycles. The fraction of sp³-hybridized carbons (Fsp3) is 0.217. The van der Waals surface area contributed by atoms with Gasteiger partial charge in [0.2, 0.25) is 0 Å². The molecule has 0 unspecified atom stereocenters. The van der Waals surface area contributed by atoms with Crippen molar-refractivity contribution < 1.29 is 0 Å². The van der Waals surface area contributed by atoms with Crippen molar-refractivity contribution in [1.29, 1.82) is 0 Å². The topological polar surface area (TPSA) is 0 Å². The molecule has 3 aromatic carbocycles. The predicted molar refractivity (Wildman–Crippen MR) is 108 cm³/mol. The van der Waals surface area contributed by atoms with Gasteiger partial charge in [0.15, 0.2) is 0 Å². The van der Waals surface area contributed by atoms with E-state index in [4.69, 9.17) is 0 Å². The summed E-state index contributed by atoms with van der Waals surface area (Å²) in [6.45, 7) is 4.37. The first-order valence-corrected chi connectivity index (χ1v) is 9.43. The first-order valence-electron chi connectivity index (χ1n) is 8.64.